The number of aromatic nitrogens is 3. The summed E-state index contributed by atoms with van der Waals surface area (Å²) in [7, 11) is 0. The molecule has 2 aromatic carbocycles. The SMILES string of the molecule is CCn1c(Cc2ccccc2)nnc1SCC(=O)Nc1ccc(Cl)cc1C. The lowest BCUT2D eigenvalue weighted by Crippen LogP contribution is -2.15. The standard InChI is InChI=1S/C20H21ClN4OS/c1-3-25-18(12-15-7-5-4-6-8-15)23-24-20(25)27-13-19(26)22-17-10-9-16(21)11-14(17)2/h4-11H,3,12-13H2,1-2H3,(H,22,26). The number of hydrogen-bond donors (Lipinski definition) is 1. The van der Waals surface area contributed by atoms with E-state index in [4.69, 9.17) is 11.6 Å². The van der Waals surface area contributed by atoms with Gasteiger partial charge in [0.25, 0.3) is 0 Å². The molecule has 0 aliphatic heterocycles. The van der Waals surface area contributed by atoms with Gasteiger partial charge in [-0.1, -0.05) is 53.7 Å². The second kappa shape index (κ2) is 9.06. The van der Waals surface area contributed by atoms with Crippen molar-refractivity contribution in [3.63, 3.8) is 0 Å². The summed E-state index contributed by atoms with van der Waals surface area (Å²) >= 11 is 7.34. The predicted molar refractivity (Wildman–Crippen MR) is 110 cm³/mol. The predicted octanol–water partition coefficient (Wildman–Crippen LogP) is 4.58. The number of halogens is 1. The quantitative estimate of drug-likeness (QED) is 0.589. The molecule has 0 aliphatic carbocycles. The average Bonchev–Trinajstić information content (AvgIpc) is 3.04. The summed E-state index contributed by atoms with van der Waals surface area (Å²) in [6.07, 6.45) is 0.721. The molecule has 27 heavy (non-hydrogen) atoms. The largest absolute Gasteiger partial charge is 0.325 e. The molecule has 0 fully saturated rings. The number of carbonyl (C=O) groups excluding carboxylic acids is 1. The van der Waals surface area contributed by atoms with Gasteiger partial charge in [-0.05, 0) is 43.2 Å². The molecule has 3 aromatic rings. The van der Waals surface area contributed by atoms with E-state index in [1.165, 1.54) is 17.3 Å². The van der Waals surface area contributed by atoms with Gasteiger partial charge < -0.3 is 9.88 Å². The molecule has 1 N–H and O–H groups in total. The van der Waals surface area contributed by atoms with Crippen LogP contribution >= 0.6 is 23.4 Å². The highest BCUT2D eigenvalue weighted by atomic mass is 35.5. The Balaban J connectivity index is 1.63. The first-order valence-electron chi connectivity index (χ1n) is 8.71. The van der Waals surface area contributed by atoms with Gasteiger partial charge in [-0.2, -0.15) is 0 Å². The zero-order valence-corrected chi connectivity index (χ0v) is 16.8. The van der Waals surface area contributed by atoms with Gasteiger partial charge in [0.2, 0.25) is 5.91 Å². The fourth-order valence-corrected chi connectivity index (χ4v) is 3.78. The normalized spacial score (nSPS) is 10.8. The van der Waals surface area contributed by atoms with Crippen LogP contribution in [0, 0.1) is 6.92 Å². The summed E-state index contributed by atoms with van der Waals surface area (Å²) in [6.45, 7) is 4.73. The summed E-state index contributed by atoms with van der Waals surface area (Å²) in [4.78, 5) is 12.3. The third-order valence-corrected chi connectivity index (χ3v) is 5.31. The van der Waals surface area contributed by atoms with Crippen LogP contribution in [0.1, 0.15) is 23.9 Å². The third-order valence-electron chi connectivity index (χ3n) is 4.11. The van der Waals surface area contributed by atoms with Crippen molar-refractivity contribution in [2.45, 2.75) is 32.0 Å². The third kappa shape index (κ3) is 5.11. The van der Waals surface area contributed by atoms with E-state index in [0.717, 1.165) is 35.2 Å². The molecule has 5 nitrogen and oxygen atoms in total. The number of benzene rings is 2. The summed E-state index contributed by atoms with van der Waals surface area (Å²) in [6, 6.07) is 15.6. The molecule has 0 bridgehead atoms. The summed E-state index contributed by atoms with van der Waals surface area (Å²) < 4.78 is 2.05. The highest BCUT2D eigenvalue weighted by molar-refractivity contribution is 7.99. The number of thioether (sulfide) groups is 1. The lowest BCUT2D eigenvalue weighted by molar-refractivity contribution is -0.113. The Morgan fingerprint density at radius 1 is 1.19 bits per heavy atom. The Morgan fingerprint density at radius 2 is 1.96 bits per heavy atom. The zero-order valence-electron chi connectivity index (χ0n) is 15.3. The van der Waals surface area contributed by atoms with Crippen molar-refractivity contribution in [2.24, 2.45) is 0 Å². The molecule has 140 valence electrons. The van der Waals surface area contributed by atoms with E-state index in [-0.39, 0.29) is 11.7 Å². The fourth-order valence-electron chi connectivity index (χ4n) is 2.74. The van der Waals surface area contributed by atoms with E-state index < -0.39 is 0 Å². The van der Waals surface area contributed by atoms with Gasteiger partial charge in [0.15, 0.2) is 5.16 Å². The van der Waals surface area contributed by atoms with Gasteiger partial charge in [-0.25, -0.2) is 0 Å². The maximum Gasteiger partial charge on any atom is 0.234 e. The number of anilines is 1. The number of aryl methyl sites for hydroxylation is 1. The van der Waals surface area contributed by atoms with Crippen molar-refractivity contribution >= 4 is 35.0 Å². The first kappa shape index (κ1) is 19.5. The van der Waals surface area contributed by atoms with E-state index >= 15 is 0 Å². The van der Waals surface area contributed by atoms with Crippen molar-refractivity contribution in [1.29, 1.82) is 0 Å². The number of hydrogen-bond acceptors (Lipinski definition) is 4. The van der Waals surface area contributed by atoms with Crippen molar-refractivity contribution in [1.82, 2.24) is 14.8 Å². The van der Waals surface area contributed by atoms with Crippen LogP contribution in [-0.4, -0.2) is 26.4 Å². The van der Waals surface area contributed by atoms with Crippen LogP contribution in [-0.2, 0) is 17.8 Å². The highest BCUT2D eigenvalue weighted by Gasteiger charge is 2.14. The smallest absolute Gasteiger partial charge is 0.234 e. The van der Waals surface area contributed by atoms with Gasteiger partial charge in [-0.3, -0.25) is 4.79 Å². The van der Waals surface area contributed by atoms with Gasteiger partial charge in [0.05, 0.1) is 5.75 Å². The van der Waals surface area contributed by atoms with Crippen molar-refractivity contribution in [3.05, 3.63) is 70.5 Å². The van der Waals surface area contributed by atoms with Gasteiger partial charge in [0, 0.05) is 23.7 Å². The topological polar surface area (TPSA) is 59.8 Å². The van der Waals surface area contributed by atoms with E-state index in [1.807, 2.05) is 37.3 Å². The van der Waals surface area contributed by atoms with Crippen molar-refractivity contribution in [2.75, 3.05) is 11.1 Å². The van der Waals surface area contributed by atoms with Crippen LogP contribution in [0.3, 0.4) is 0 Å². The monoisotopic (exact) mass is 400 g/mol. The lowest BCUT2D eigenvalue weighted by atomic mass is 10.1. The Morgan fingerprint density at radius 3 is 2.67 bits per heavy atom. The Kier molecular flexibility index (Phi) is 6.53. The zero-order chi connectivity index (χ0) is 19.2. The number of carbonyl (C=O) groups is 1. The minimum Gasteiger partial charge on any atom is -0.325 e. The molecule has 0 spiro atoms. The first-order valence-corrected chi connectivity index (χ1v) is 10.1. The van der Waals surface area contributed by atoms with E-state index in [9.17, 15) is 4.79 Å². The Bertz CT molecular complexity index is 927. The van der Waals surface area contributed by atoms with Crippen LogP contribution in [0.15, 0.2) is 53.7 Å². The van der Waals surface area contributed by atoms with E-state index in [1.54, 1.807) is 6.07 Å². The number of amides is 1. The molecular weight excluding hydrogens is 380 g/mol. The molecule has 3 rings (SSSR count). The molecule has 1 aromatic heterocycles. The Hall–Kier alpha value is -2.31. The molecule has 7 heteroatoms. The molecule has 0 aliphatic rings. The molecule has 0 saturated heterocycles. The highest BCUT2D eigenvalue weighted by Crippen LogP contribution is 2.22. The van der Waals surface area contributed by atoms with Crippen LogP contribution in [0.5, 0.6) is 0 Å². The van der Waals surface area contributed by atoms with E-state index in [0.29, 0.717) is 5.02 Å². The molecule has 1 amide bonds. The van der Waals surface area contributed by atoms with Crippen LogP contribution < -0.4 is 5.32 Å². The first-order chi connectivity index (χ1) is 13.1. The molecule has 0 unspecified atom stereocenters. The summed E-state index contributed by atoms with van der Waals surface area (Å²) in [5, 5.41) is 12.9. The summed E-state index contributed by atoms with van der Waals surface area (Å²) in [5.74, 6) is 1.09. The summed E-state index contributed by atoms with van der Waals surface area (Å²) in [5.41, 5.74) is 2.89. The minimum absolute atomic E-state index is 0.0827. The van der Waals surface area contributed by atoms with Gasteiger partial charge in [0.1, 0.15) is 5.82 Å². The number of nitrogens with zero attached hydrogens (tertiary/aromatic N) is 3. The number of nitrogens with one attached hydrogen (secondary N) is 1. The van der Waals surface area contributed by atoms with E-state index in [2.05, 4.69) is 39.1 Å². The maximum atomic E-state index is 12.3. The van der Waals surface area contributed by atoms with Gasteiger partial charge in [-0.15, -0.1) is 10.2 Å². The maximum absolute atomic E-state index is 12.3. The lowest BCUT2D eigenvalue weighted by Gasteiger charge is -2.09. The molecular formula is C20H21ClN4OS. The fraction of sp³-hybridized carbons (Fsp3) is 0.250. The molecule has 0 radical (unpaired) electrons. The van der Waals surface area contributed by atoms with Crippen LogP contribution in [0.2, 0.25) is 5.02 Å². The number of rotatable bonds is 7. The average molecular weight is 401 g/mol. The minimum atomic E-state index is -0.0827. The molecule has 0 atom stereocenters. The molecule has 1 heterocycles. The second-order valence-corrected chi connectivity index (χ2v) is 7.48. The van der Waals surface area contributed by atoms with Crippen LogP contribution in [0.4, 0.5) is 5.69 Å². The second-order valence-electron chi connectivity index (χ2n) is 6.10. The molecule has 0 saturated carbocycles. The van der Waals surface area contributed by atoms with Gasteiger partial charge >= 0.3 is 0 Å². The van der Waals surface area contributed by atoms with Crippen molar-refractivity contribution in [3.8, 4) is 0 Å². The Labute approximate surface area is 168 Å². The van der Waals surface area contributed by atoms with Crippen molar-refractivity contribution < 1.29 is 4.79 Å². The van der Waals surface area contributed by atoms with Crippen LogP contribution in [0.25, 0.3) is 0 Å².